The van der Waals surface area contributed by atoms with Crippen LogP contribution in [0, 0.1) is 0 Å². The van der Waals surface area contributed by atoms with Crippen LogP contribution in [0.2, 0.25) is 0 Å². The lowest BCUT2D eigenvalue weighted by Gasteiger charge is -2.43. The highest BCUT2D eigenvalue weighted by atomic mass is 127. The molecule has 2 saturated heterocycles. The molecule has 2 aliphatic heterocycles. The fourth-order valence-corrected chi connectivity index (χ4v) is 4.13. The zero-order valence-corrected chi connectivity index (χ0v) is 20.3. The Morgan fingerprint density at radius 1 is 1.21 bits per heavy atom. The number of nitrogens with one attached hydrogen (secondary N) is 1. The van der Waals surface area contributed by atoms with Gasteiger partial charge in [0.25, 0.3) is 0 Å². The first-order valence-electron chi connectivity index (χ1n) is 10.7. The lowest BCUT2D eigenvalue weighted by atomic mass is 9.88. The molecule has 0 aromatic heterocycles. The normalized spacial score (nSPS) is 19.4. The summed E-state index contributed by atoms with van der Waals surface area (Å²) in [6.45, 7) is 9.35. The second kappa shape index (κ2) is 12.6. The molecular formula is C22H37IN4O2. The number of benzene rings is 1. The first kappa shape index (κ1) is 24.2. The number of hydrogen-bond acceptors (Lipinski definition) is 4. The molecule has 2 heterocycles. The zero-order chi connectivity index (χ0) is 19.7. The predicted octanol–water partition coefficient (Wildman–Crippen LogP) is 3.23. The average molecular weight is 516 g/mol. The third-order valence-corrected chi connectivity index (χ3v) is 5.86. The summed E-state index contributed by atoms with van der Waals surface area (Å²) in [5.74, 6) is 1.87. The summed E-state index contributed by atoms with van der Waals surface area (Å²) in [5.41, 5.74) is 0.163. The van der Waals surface area contributed by atoms with Crippen LogP contribution in [0.25, 0.3) is 0 Å². The van der Waals surface area contributed by atoms with E-state index in [2.05, 4.69) is 29.1 Å². The van der Waals surface area contributed by atoms with E-state index in [0.717, 1.165) is 57.4 Å². The van der Waals surface area contributed by atoms with Gasteiger partial charge in [-0.1, -0.05) is 18.2 Å². The topological polar surface area (TPSA) is 49.3 Å². The molecule has 1 aromatic carbocycles. The molecule has 164 valence electrons. The molecule has 2 aliphatic rings. The molecule has 0 amide bonds. The molecule has 0 atom stereocenters. The fourth-order valence-electron chi connectivity index (χ4n) is 4.13. The number of ether oxygens (including phenoxy) is 2. The van der Waals surface area contributed by atoms with Crippen LogP contribution >= 0.6 is 24.0 Å². The Morgan fingerprint density at radius 2 is 1.90 bits per heavy atom. The number of likely N-dealkylation sites (tertiary alicyclic amines) is 1. The minimum Gasteiger partial charge on any atom is -0.492 e. The van der Waals surface area contributed by atoms with Gasteiger partial charge in [0.2, 0.25) is 0 Å². The number of para-hydroxylation sites is 1. The van der Waals surface area contributed by atoms with Crippen molar-refractivity contribution in [1.29, 1.82) is 0 Å². The molecule has 0 aliphatic carbocycles. The van der Waals surface area contributed by atoms with Crippen LogP contribution < -0.4 is 10.1 Å². The van der Waals surface area contributed by atoms with Gasteiger partial charge in [0, 0.05) is 32.3 Å². The van der Waals surface area contributed by atoms with Crippen LogP contribution in [-0.2, 0) is 4.74 Å². The minimum absolute atomic E-state index is 0. The van der Waals surface area contributed by atoms with E-state index < -0.39 is 0 Å². The molecule has 2 fully saturated rings. The van der Waals surface area contributed by atoms with E-state index >= 15 is 0 Å². The highest BCUT2D eigenvalue weighted by molar-refractivity contribution is 14.0. The van der Waals surface area contributed by atoms with Crippen molar-refractivity contribution >= 4 is 29.9 Å². The van der Waals surface area contributed by atoms with E-state index in [0.29, 0.717) is 6.61 Å². The molecule has 0 spiro atoms. The van der Waals surface area contributed by atoms with Gasteiger partial charge in [-0.25, -0.2) is 0 Å². The van der Waals surface area contributed by atoms with Gasteiger partial charge in [0.15, 0.2) is 5.96 Å². The number of hydrogen-bond donors (Lipinski definition) is 1. The summed E-state index contributed by atoms with van der Waals surface area (Å²) in [5, 5.41) is 3.45. The van der Waals surface area contributed by atoms with Crippen molar-refractivity contribution in [2.75, 3.05) is 59.6 Å². The summed E-state index contributed by atoms with van der Waals surface area (Å²) in [6.07, 6.45) is 4.78. The second-order valence-corrected chi connectivity index (χ2v) is 7.78. The first-order chi connectivity index (χ1) is 13.7. The van der Waals surface area contributed by atoms with Crippen LogP contribution in [0.4, 0.5) is 0 Å². The molecule has 3 rings (SSSR count). The van der Waals surface area contributed by atoms with Crippen molar-refractivity contribution in [1.82, 2.24) is 15.1 Å². The van der Waals surface area contributed by atoms with Crippen molar-refractivity contribution in [3.8, 4) is 5.75 Å². The molecule has 1 N–H and O–H groups in total. The smallest absolute Gasteiger partial charge is 0.193 e. The van der Waals surface area contributed by atoms with Gasteiger partial charge in [0.05, 0.1) is 13.1 Å². The maximum absolute atomic E-state index is 5.85. The Labute approximate surface area is 193 Å². The van der Waals surface area contributed by atoms with Crippen LogP contribution in [0.15, 0.2) is 35.3 Å². The van der Waals surface area contributed by atoms with Crippen LogP contribution in [0.1, 0.15) is 32.6 Å². The molecular weight excluding hydrogens is 479 g/mol. The molecule has 1 aromatic rings. The Kier molecular flexibility index (Phi) is 10.5. The monoisotopic (exact) mass is 516 g/mol. The van der Waals surface area contributed by atoms with E-state index in [1.54, 1.807) is 0 Å². The second-order valence-electron chi connectivity index (χ2n) is 7.78. The van der Waals surface area contributed by atoms with E-state index in [1.165, 1.54) is 25.9 Å². The van der Waals surface area contributed by atoms with Gasteiger partial charge < -0.3 is 19.7 Å². The van der Waals surface area contributed by atoms with Crippen molar-refractivity contribution in [3.05, 3.63) is 30.3 Å². The average Bonchev–Trinajstić information content (AvgIpc) is 3.28. The SMILES string of the molecule is CCNC(=NCC1(N2CCCC2)CCOCC1)N(C)CCOc1ccccc1.I. The maximum atomic E-state index is 5.85. The number of rotatable bonds is 8. The lowest BCUT2D eigenvalue weighted by Crippen LogP contribution is -2.54. The number of likely N-dealkylation sites (N-methyl/N-ethyl adjacent to an activating group) is 1. The molecule has 0 bridgehead atoms. The van der Waals surface area contributed by atoms with Crippen molar-refractivity contribution in [2.45, 2.75) is 38.1 Å². The summed E-state index contributed by atoms with van der Waals surface area (Å²) < 4.78 is 11.5. The highest BCUT2D eigenvalue weighted by Crippen LogP contribution is 2.31. The van der Waals surface area contributed by atoms with E-state index in [1.807, 2.05) is 30.3 Å². The third-order valence-electron chi connectivity index (χ3n) is 5.86. The molecule has 0 saturated carbocycles. The van der Waals surface area contributed by atoms with Crippen molar-refractivity contribution in [3.63, 3.8) is 0 Å². The van der Waals surface area contributed by atoms with Crippen molar-refractivity contribution in [2.24, 2.45) is 4.99 Å². The van der Waals surface area contributed by atoms with Gasteiger partial charge in [-0.15, -0.1) is 24.0 Å². The quantitative estimate of drug-likeness (QED) is 0.327. The van der Waals surface area contributed by atoms with Gasteiger partial charge in [-0.05, 0) is 57.8 Å². The molecule has 0 radical (unpaired) electrons. The van der Waals surface area contributed by atoms with Crippen molar-refractivity contribution < 1.29 is 9.47 Å². The van der Waals surface area contributed by atoms with Crippen LogP contribution in [0.5, 0.6) is 5.75 Å². The van der Waals surface area contributed by atoms with E-state index in [9.17, 15) is 0 Å². The zero-order valence-electron chi connectivity index (χ0n) is 17.9. The Morgan fingerprint density at radius 3 is 2.55 bits per heavy atom. The number of nitrogens with zero attached hydrogens (tertiary/aromatic N) is 3. The van der Waals surface area contributed by atoms with E-state index in [-0.39, 0.29) is 29.5 Å². The summed E-state index contributed by atoms with van der Waals surface area (Å²) in [7, 11) is 2.09. The lowest BCUT2D eigenvalue weighted by molar-refractivity contribution is -0.0139. The Bertz CT molecular complexity index is 602. The standard InChI is InChI=1S/C22H36N4O2.HI/c1-3-23-21(25(2)15-18-28-20-9-5-4-6-10-20)24-19-22(11-16-27-17-12-22)26-13-7-8-14-26;/h4-6,9-10H,3,7-8,11-19H2,1-2H3,(H,23,24);1H. The fraction of sp³-hybridized carbons (Fsp3) is 0.682. The summed E-state index contributed by atoms with van der Waals surface area (Å²) >= 11 is 0. The van der Waals surface area contributed by atoms with E-state index in [4.69, 9.17) is 14.5 Å². The van der Waals surface area contributed by atoms with Crippen LogP contribution in [-0.4, -0.2) is 80.9 Å². The van der Waals surface area contributed by atoms with Gasteiger partial charge in [0.1, 0.15) is 12.4 Å². The number of guanidine groups is 1. The van der Waals surface area contributed by atoms with Gasteiger partial charge in [-0.3, -0.25) is 9.89 Å². The van der Waals surface area contributed by atoms with Crippen LogP contribution in [0.3, 0.4) is 0 Å². The Balaban J connectivity index is 0.00000300. The molecule has 6 nitrogen and oxygen atoms in total. The highest BCUT2D eigenvalue weighted by Gasteiger charge is 2.39. The molecule has 7 heteroatoms. The Hall–Kier alpha value is -1.06. The summed E-state index contributed by atoms with van der Waals surface area (Å²) in [4.78, 5) is 9.90. The third kappa shape index (κ3) is 7.00. The molecule has 29 heavy (non-hydrogen) atoms. The predicted molar refractivity (Wildman–Crippen MR) is 130 cm³/mol. The largest absolute Gasteiger partial charge is 0.492 e. The summed E-state index contributed by atoms with van der Waals surface area (Å²) in [6, 6.07) is 9.97. The molecule has 0 unspecified atom stereocenters. The van der Waals surface area contributed by atoms with Gasteiger partial charge >= 0.3 is 0 Å². The van der Waals surface area contributed by atoms with Gasteiger partial charge in [-0.2, -0.15) is 0 Å². The first-order valence-corrected chi connectivity index (χ1v) is 10.7. The number of halogens is 1. The minimum atomic E-state index is 0. The number of aliphatic imine (C=N–C) groups is 1. The maximum Gasteiger partial charge on any atom is 0.193 e.